The van der Waals surface area contributed by atoms with Crippen LogP contribution in [0.15, 0.2) is 54.6 Å². The molecular formula is C25H33N3O2. The molecule has 1 heterocycles. The highest BCUT2D eigenvalue weighted by Gasteiger charge is 2.24. The molecule has 2 aromatic rings. The largest absolute Gasteiger partial charge is 0.370 e. The van der Waals surface area contributed by atoms with Gasteiger partial charge in [-0.3, -0.25) is 14.5 Å². The molecule has 2 aromatic carbocycles. The molecule has 3 rings (SSSR count). The molecule has 0 saturated carbocycles. The van der Waals surface area contributed by atoms with E-state index in [0.29, 0.717) is 13.1 Å². The number of nitrogens with two attached hydrogens (primary N) is 1. The van der Waals surface area contributed by atoms with E-state index < -0.39 is 5.91 Å². The van der Waals surface area contributed by atoms with E-state index in [1.165, 1.54) is 17.5 Å². The van der Waals surface area contributed by atoms with Gasteiger partial charge in [-0.1, -0.05) is 48.0 Å². The fourth-order valence-electron chi connectivity index (χ4n) is 4.06. The topological polar surface area (TPSA) is 66.6 Å². The van der Waals surface area contributed by atoms with E-state index >= 15 is 0 Å². The molecule has 0 aromatic heterocycles. The number of hydrogen-bond donors (Lipinski definition) is 1. The second-order valence-electron chi connectivity index (χ2n) is 8.34. The van der Waals surface area contributed by atoms with Crippen LogP contribution in [0.3, 0.4) is 0 Å². The number of carbonyl (C=O) groups is 2. The first-order chi connectivity index (χ1) is 14.5. The van der Waals surface area contributed by atoms with E-state index in [2.05, 4.69) is 36.1 Å². The number of carbonyl (C=O) groups excluding carboxylic acids is 2. The Labute approximate surface area is 179 Å². The Morgan fingerprint density at radius 3 is 2.33 bits per heavy atom. The molecular weight excluding hydrogens is 374 g/mol. The highest BCUT2D eigenvalue weighted by atomic mass is 16.2. The van der Waals surface area contributed by atoms with Crippen LogP contribution < -0.4 is 10.6 Å². The Hall–Kier alpha value is -2.66. The Kier molecular flexibility index (Phi) is 8.03. The van der Waals surface area contributed by atoms with Crippen LogP contribution in [0.1, 0.15) is 36.8 Å². The monoisotopic (exact) mass is 407 g/mol. The van der Waals surface area contributed by atoms with E-state index in [4.69, 9.17) is 5.73 Å². The summed E-state index contributed by atoms with van der Waals surface area (Å²) in [5.41, 5.74) is 8.84. The number of para-hydroxylation sites is 1. The van der Waals surface area contributed by atoms with Crippen LogP contribution in [0.25, 0.3) is 0 Å². The van der Waals surface area contributed by atoms with Crippen molar-refractivity contribution >= 4 is 17.5 Å². The van der Waals surface area contributed by atoms with Crippen LogP contribution in [0.2, 0.25) is 0 Å². The number of nitrogens with zero attached hydrogens (tertiary/aromatic N) is 2. The summed E-state index contributed by atoms with van der Waals surface area (Å²) in [5, 5.41) is 0. The summed E-state index contributed by atoms with van der Waals surface area (Å²) in [6.45, 7) is 4.72. The van der Waals surface area contributed by atoms with Gasteiger partial charge >= 0.3 is 0 Å². The molecule has 0 spiro atoms. The number of aryl methyl sites for hydroxylation is 2. The van der Waals surface area contributed by atoms with Crippen LogP contribution in [0.4, 0.5) is 5.69 Å². The van der Waals surface area contributed by atoms with Crippen LogP contribution in [-0.4, -0.2) is 42.9 Å². The van der Waals surface area contributed by atoms with Gasteiger partial charge in [0.25, 0.3) is 0 Å². The third-order valence-electron chi connectivity index (χ3n) is 5.98. The van der Waals surface area contributed by atoms with Crippen LogP contribution in [0.5, 0.6) is 0 Å². The normalized spacial score (nSPS) is 15.1. The summed E-state index contributed by atoms with van der Waals surface area (Å²) in [4.78, 5) is 28.1. The second-order valence-corrected chi connectivity index (χ2v) is 8.34. The molecule has 1 aliphatic heterocycles. The third-order valence-corrected chi connectivity index (χ3v) is 5.98. The number of amides is 2. The number of hydrogen-bond acceptors (Lipinski definition) is 3. The van der Waals surface area contributed by atoms with Gasteiger partial charge in [-0.2, -0.15) is 0 Å². The van der Waals surface area contributed by atoms with Gasteiger partial charge in [-0.05, 0) is 69.3 Å². The Morgan fingerprint density at radius 2 is 1.70 bits per heavy atom. The van der Waals surface area contributed by atoms with Gasteiger partial charge in [-0.15, -0.1) is 0 Å². The van der Waals surface area contributed by atoms with Crippen molar-refractivity contribution in [3.05, 3.63) is 65.7 Å². The molecule has 2 amide bonds. The maximum absolute atomic E-state index is 13.0. The van der Waals surface area contributed by atoms with Gasteiger partial charge < -0.3 is 10.6 Å². The van der Waals surface area contributed by atoms with Crippen LogP contribution in [0, 0.1) is 12.8 Å². The molecule has 5 heteroatoms. The van der Waals surface area contributed by atoms with Gasteiger partial charge in [-0.25, -0.2) is 0 Å². The van der Waals surface area contributed by atoms with Gasteiger partial charge in [0.2, 0.25) is 11.8 Å². The molecule has 2 N–H and O–H groups in total. The molecule has 0 unspecified atom stereocenters. The van der Waals surface area contributed by atoms with Gasteiger partial charge in [0.05, 0.1) is 6.54 Å². The van der Waals surface area contributed by atoms with Gasteiger partial charge in [0, 0.05) is 18.7 Å². The lowest BCUT2D eigenvalue weighted by Crippen LogP contribution is -2.44. The van der Waals surface area contributed by atoms with Crippen molar-refractivity contribution in [2.75, 3.05) is 31.1 Å². The summed E-state index contributed by atoms with van der Waals surface area (Å²) in [7, 11) is 0. The van der Waals surface area contributed by atoms with Crippen molar-refractivity contribution in [1.82, 2.24) is 4.90 Å². The number of piperidine rings is 1. The molecule has 0 radical (unpaired) electrons. The van der Waals surface area contributed by atoms with E-state index in [-0.39, 0.29) is 12.3 Å². The summed E-state index contributed by atoms with van der Waals surface area (Å²) in [6.07, 6.45) is 4.76. The lowest BCUT2D eigenvalue weighted by molar-refractivity contribution is -0.120. The molecule has 0 bridgehead atoms. The fourth-order valence-corrected chi connectivity index (χ4v) is 4.06. The zero-order valence-corrected chi connectivity index (χ0v) is 17.9. The molecule has 160 valence electrons. The van der Waals surface area contributed by atoms with Crippen molar-refractivity contribution in [2.24, 2.45) is 11.7 Å². The zero-order valence-electron chi connectivity index (χ0n) is 17.9. The van der Waals surface area contributed by atoms with Gasteiger partial charge in [0.1, 0.15) is 0 Å². The van der Waals surface area contributed by atoms with Crippen molar-refractivity contribution in [2.45, 2.75) is 39.0 Å². The van der Waals surface area contributed by atoms with Crippen LogP contribution in [-0.2, 0) is 16.0 Å². The number of benzene rings is 2. The maximum atomic E-state index is 13.0. The average Bonchev–Trinajstić information content (AvgIpc) is 2.75. The highest BCUT2D eigenvalue weighted by molar-refractivity contribution is 5.95. The second kappa shape index (κ2) is 10.9. The minimum absolute atomic E-state index is 0.0283. The van der Waals surface area contributed by atoms with Crippen molar-refractivity contribution in [3.8, 4) is 0 Å². The summed E-state index contributed by atoms with van der Waals surface area (Å²) in [6, 6.07) is 18.3. The molecule has 0 atom stereocenters. The minimum atomic E-state index is -0.391. The Morgan fingerprint density at radius 1 is 1.03 bits per heavy atom. The molecule has 1 saturated heterocycles. The van der Waals surface area contributed by atoms with Crippen molar-refractivity contribution in [3.63, 3.8) is 0 Å². The molecule has 1 aliphatic rings. The van der Waals surface area contributed by atoms with E-state index in [1.807, 2.05) is 30.3 Å². The first kappa shape index (κ1) is 22.0. The number of rotatable bonds is 9. The standard InChI is InChI=1S/C25H33N3O2/c1-20-7-9-21(10-8-20)11-12-22-13-16-27(17-14-22)19-25(30)28(18-15-24(26)29)23-5-3-2-4-6-23/h2-10,22H,11-19H2,1H3,(H2,26,29). The average molecular weight is 408 g/mol. The highest BCUT2D eigenvalue weighted by Crippen LogP contribution is 2.23. The summed E-state index contributed by atoms with van der Waals surface area (Å²) in [5.74, 6) is 0.358. The van der Waals surface area contributed by atoms with Crippen molar-refractivity contribution < 1.29 is 9.59 Å². The smallest absolute Gasteiger partial charge is 0.241 e. The molecule has 5 nitrogen and oxygen atoms in total. The Bertz CT molecular complexity index is 812. The number of likely N-dealkylation sites (tertiary alicyclic amines) is 1. The lowest BCUT2D eigenvalue weighted by Gasteiger charge is -2.33. The minimum Gasteiger partial charge on any atom is -0.370 e. The fraction of sp³-hybridized carbons (Fsp3) is 0.440. The van der Waals surface area contributed by atoms with E-state index in [9.17, 15) is 9.59 Å². The van der Waals surface area contributed by atoms with Gasteiger partial charge in [0.15, 0.2) is 0 Å². The summed E-state index contributed by atoms with van der Waals surface area (Å²) >= 11 is 0. The number of anilines is 1. The first-order valence-corrected chi connectivity index (χ1v) is 10.9. The molecule has 0 aliphatic carbocycles. The molecule has 1 fully saturated rings. The lowest BCUT2D eigenvalue weighted by atomic mass is 9.90. The number of primary amides is 1. The van der Waals surface area contributed by atoms with Crippen molar-refractivity contribution in [1.29, 1.82) is 0 Å². The predicted octanol–water partition coefficient (Wildman–Crippen LogP) is 3.55. The summed E-state index contributed by atoms with van der Waals surface area (Å²) < 4.78 is 0. The van der Waals surface area contributed by atoms with E-state index in [0.717, 1.165) is 44.0 Å². The molecule has 30 heavy (non-hydrogen) atoms. The SMILES string of the molecule is Cc1ccc(CCC2CCN(CC(=O)N(CCC(N)=O)c3ccccc3)CC2)cc1. The first-order valence-electron chi connectivity index (χ1n) is 10.9. The Balaban J connectivity index is 1.48. The third kappa shape index (κ3) is 6.70. The zero-order chi connectivity index (χ0) is 21.3. The maximum Gasteiger partial charge on any atom is 0.241 e. The predicted molar refractivity (Wildman–Crippen MR) is 121 cm³/mol. The van der Waals surface area contributed by atoms with Crippen LogP contribution >= 0.6 is 0 Å². The quantitative estimate of drug-likeness (QED) is 0.691. The van der Waals surface area contributed by atoms with E-state index in [1.54, 1.807) is 4.90 Å².